The molecule has 3 heterocycles. The molecule has 0 spiro atoms. The van der Waals surface area contributed by atoms with Crippen molar-refractivity contribution in [2.75, 3.05) is 18.6 Å². The number of hydrogen-bond donors (Lipinski definition) is 0. The lowest BCUT2D eigenvalue weighted by Gasteiger charge is -2.23. The first-order valence-corrected chi connectivity index (χ1v) is 12.4. The molecular formula is C27H36N4O3. The molecule has 0 saturated heterocycles. The topological polar surface area (TPSA) is 69.5 Å². The molecule has 0 radical (unpaired) electrons. The normalized spacial score (nSPS) is 14.5. The summed E-state index contributed by atoms with van der Waals surface area (Å²) in [5.74, 6) is 1.46. The first kappa shape index (κ1) is 24.0. The summed E-state index contributed by atoms with van der Waals surface area (Å²) in [5.41, 5.74) is 3.86. The Bertz CT molecular complexity index is 1100. The summed E-state index contributed by atoms with van der Waals surface area (Å²) < 4.78 is 13.3. The van der Waals surface area contributed by atoms with Crippen LogP contribution in [0.4, 0.5) is 10.5 Å². The highest BCUT2D eigenvalue weighted by Crippen LogP contribution is 2.30. The van der Waals surface area contributed by atoms with Gasteiger partial charge in [-0.05, 0) is 63.8 Å². The van der Waals surface area contributed by atoms with Crippen molar-refractivity contribution in [3.05, 3.63) is 48.0 Å². The minimum absolute atomic E-state index is 0.170. The van der Waals surface area contributed by atoms with Gasteiger partial charge in [-0.2, -0.15) is 0 Å². The number of fused-ring (bicyclic) bond motifs is 1. The van der Waals surface area contributed by atoms with Crippen molar-refractivity contribution in [3.8, 4) is 5.75 Å². The fraction of sp³-hybridized carbons (Fsp3) is 0.519. The number of carbonyl (C=O) groups is 1. The molecule has 1 saturated carbocycles. The average Bonchev–Trinajstić information content (AvgIpc) is 3.16. The van der Waals surface area contributed by atoms with E-state index in [1.54, 1.807) is 19.4 Å². The smallest absolute Gasteiger partial charge is 0.414 e. The van der Waals surface area contributed by atoms with E-state index in [9.17, 15) is 4.79 Å². The zero-order chi connectivity index (χ0) is 24.1. The van der Waals surface area contributed by atoms with Gasteiger partial charge in [-0.25, -0.2) is 9.78 Å². The number of pyridine rings is 2. The van der Waals surface area contributed by atoms with Gasteiger partial charge in [0.2, 0.25) is 0 Å². The molecule has 0 aliphatic heterocycles. The van der Waals surface area contributed by atoms with Gasteiger partial charge in [0.1, 0.15) is 11.4 Å². The van der Waals surface area contributed by atoms with E-state index in [1.807, 2.05) is 39.0 Å². The standard InChI is InChI=1S/C27H36N4O3/c1-5-33-25-12-11-22(28-17-25)15-23-13-21-14-24(30(4)27(32)34-19(2)3)16-29-26(21)31(23)18-20-9-7-6-8-10-20/h11-14,16-17,19-20H,5-10,15,18H2,1-4H3. The molecule has 3 aromatic rings. The molecular weight excluding hydrogens is 428 g/mol. The van der Waals surface area contributed by atoms with E-state index in [1.165, 1.54) is 42.7 Å². The maximum absolute atomic E-state index is 12.4. The third kappa shape index (κ3) is 5.69. The number of nitrogens with zero attached hydrogens (tertiary/aromatic N) is 4. The quantitative estimate of drug-likeness (QED) is 0.410. The second-order valence-corrected chi connectivity index (χ2v) is 9.44. The Morgan fingerprint density at radius 3 is 2.62 bits per heavy atom. The molecule has 7 heteroatoms. The van der Waals surface area contributed by atoms with Gasteiger partial charge in [-0.3, -0.25) is 9.88 Å². The second kappa shape index (κ2) is 10.9. The minimum Gasteiger partial charge on any atom is -0.492 e. The second-order valence-electron chi connectivity index (χ2n) is 9.44. The molecule has 1 aliphatic carbocycles. The maximum atomic E-state index is 12.4. The molecule has 7 nitrogen and oxygen atoms in total. The molecule has 0 N–H and O–H groups in total. The van der Waals surface area contributed by atoms with Crippen LogP contribution in [0.2, 0.25) is 0 Å². The zero-order valence-electron chi connectivity index (χ0n) is 20.8. The molecule has 0 aromatic carbocycles. The number of hydrogen-bond acceptors (Lipinski definition) is 5. The molecule has 34 heavy (non-hydrogen) atoms. The Labute approximate surface area is 202 Å². The van der Waals surface area contributed by atoms with Crippen molar-refractivity contribution < 1.29 is 14.3 Å². The molecule has 1 fully saturated rings. The van der Waals surface area contributed by atoms with Crippen molar-refractivity contribution in [2.24, 2.45) is 5.92 Å². The predicted octanol–water partition coefficient (Wildman–Crippen LogP) is 5.98. The third-order valence-corrected chi connectivity index (χ3v) is 6.44. The van der Waals surface area contributed by atoms with Crippen molar-refractivity contribution in [2.45, 2.75) is 71.9 Å². The summed E-state index contributed by atoms with van der Waals surface area (Å²) in [5, 5.41) is 1.03. The van der Waals surface area contributed by atoms with Crippen LogP contribution in [-0.4, -0.2) is 40.4 Å². The van der Waals surface area contributed by atoms with Gasteiger partial charge in [-0.1, -0.05) is 19.3 Å². The molecule has 1 amide bonds. The van der Waals surface area contributed by atoms with E-state index < -0.39 is 0 Å². The zero-order valence-corrected chi connectivity index (χ0v) is 20.8. The van der Waals surface area contributed by atoms with Gasteiger partial charge < -0.3 is 14.0 Å². The van der Waals surface area contributed by atoms with Crippen LogP contribution in [0.5, 0.6) is 5.75 Å². The molecule has 0 unspecified atom stereocenters. The van der Waals surface area contributed by atoms with Crippen LogP contribution >= 0.6 is 0 Å². The van der Waals surface area contributed by atoms with Crippen LogP contribution < -0.4 is 9.64 Å². The van der Waals surface area contributed by atoms with Crippen molar-refractivity contribution in [3.63, 3.8) is 0 Å². The van der Waals surface area contributed by atoms with E-state index in [0.717, 1.165) is 41.1 Å². The fourth-order valence-electron chi connectivity index (χ4n) is 4.69. The van der Waals surface area contributed by atoms with Crippen molar-refractivity contribution in [1.29, 1.82) is 0 Å². The number of anilines is 1. The highest BCUT2D eigenvalue weighted by atomic mass is 16.6. The molecule has 1 aliphatic rings. The Balaban J connectivity index is 1.65. The van der Waals surface area contributed by atoms with Gasteiger partial charge in [0, 0.05) is 36.8 Å². The van der Waals surface area contributed by atoms with Crippen molar-refractivity contribution >= 4 is 22.8 Å². The van der Waals surface area contributed by atoms with E-state index >= 15 is 0 Å². The lowest BCUT2D eigenvalue weighted by atomic mass is 9.89. The largest absolute Gasteiger partial charge is 0.492 e. The summed E-state index contributed by atoms with van der Waals surface area (Å²) in [6, 6.07) is 8.22. The highest BCUT2D eigenvalue weighted by molar-refractivity contribution is 5.90. The van der Waals surface area contributed by atoms with E-state index in [0.29, 0.717) is 12.5 Å². The molecule has 0 atom stereocenters. The highest BCUT2D eigenvalue weighted by Gasteiger charge is 2.20. The van der Waals surface area contributed by atoms with Crippen molar-refractivity contribution in [1.82, 2.24) is 14.5 Å². The number of amides is 1. The van der Waals surface area contributed by atoms with Gasteiger partial charge >= 0.3 is 6.09 Å². The summed E-state index contributed by atoms with van der Waals surface area (Å²) in [6.45, 7) is 7.26. The van der Waals surface area contributed by atoms with Crippen LogP contribution in [0.25, 0.3) is 11.0 Å². The lowest BCUT2D eigenvalue weighted by Crippen LogP contribution is -2.29. The molecule has 182 valence electrons. The number of carbonyl (C=O) groups excluding carboxylic acids is 1. The van der Waals surface area contributed by atoms with Gasteiger partial charge in [0.25, 0.3) is 0 Å². The maximum Gasteiger partial charge on any atom is 0.414 e. The molecule has 0 bridgehead atoms. The predicted molar refractivity (Wildman–Crippen MR) is 135 cm³/mol. The van der Waals surface area contributed by atoms with E-state index in [4.69, 9.17) is 14.5 Å². The summed E-state index contributed by atoms with van der Waals surface area (Å²) in [6.07, 6.45) is 10.2. The van der Waals surface area contributed by atoms with Gasteiger partial charge in [0.15, 0.2) is 0 Å². The minimum atomic E-state index is -0.378. The summed E-state index contributed by atoms with van der Waals surface area (Å²) >= 11 is 0. The van der Waals surface area contributed by atoms with Crippen LogP contribution in [0.15, 0.2) is 36.7 Å². The van der Waals surface area contributed by atoms with E-state index in [2.05, 4.69) is 15.6 Å². The Kier molecular flexibility index (Phi) is 7.70. The summed E-state index contributed by atoms with van der Waals surface area (Å²) in [7, 11) is 1.72. The number of rotatable bonds is 8. The lowest BCUT2D eigenvalue weighted by molar-refractivity contribution is 0.124. The molecule has 3 aromatic heterocycles. The first-order chi connectivity index (χ1) is 16.4. The Morgan fingerprint density at radius 2 is 1.94 bits per heavy atom. The van der Waals surface area contributed by atoms with Crippen LogP contribution in [-0.2, 0) is 17.7 Å². The van der Waals surface area contributed by atoms with E-state index in [-0.39, 0.29) is 12.2 Å². The van der Waals surface area contributed by atoms with Crippen LogP contribution in [0.1, 0.15) is 64.3 Å². The summed E-state index contributed by atoms with van der Waals surface area (Å²) in [4.78, 5) is 23.3. The van der Waals surface area contributed by atoms with Crippen LogP contribution in [0, 0.1) is 5.92 Å². The Morgan fingerprint density at radius 1 is 1.15 bits per heavy atom. The van der Waals surface area contributed by atoms with Crippen LogP contribution in [0.3, 0.4) is 0 Å². The van der Waals surface area contributed by atoms with Gasteiger partial charge in [0.05, 0.1) is 30.8 Å². The average molecular weight is 465 g/mol. The monoisotopic (exact) mass is 464 g/mol. The number of aromatic nitrogens is 3. The third-order valence-electron chi connectivity index (χ3n) is 6.44. The Hall–Kier alpha value is -3.09. The number of ether oxygens (including phenoxy) is 2. The first-order valence-electron chi connectivity index (χ1n) is 12.4. The fourth-order valence-corrected chi connectivity index (χ4v) is 4.69. The van der Waals surface area contributed by atoms with Gasteiger partial charge in [-0.15, -0.1) is 0 Å². The SMILES string of the molecule is CCOc1ccc(Cc2cc3cc(N(C)C(=O)OC(C)C)cnc3n2CC2CCCCC2)nc1. The molecule has 4 rings (SSSR count).